The highest BCUT2D eigenvalue weighted by Crippen LogP contribution is 2.32. The van der Waals surface area contributed by atoms with Gasteiger partial charge in [0.2, 0.25) is 5.91 Å². The van der Waals surface area contributed by atoms with Crippen molar-refractivity contribution in [3.63, 3.8) is 0 Å². The normalized spacial score (nSPS) is 25.9. The third kappa shape index (κ3) is 4.54. The summed E-state index contributed by atoms with van der Waals surface area (Å²) in [6.07, 6.45) is 5.36. The number of halogens is 1. The Morgan fingerprint density at radius 3 is 2.67 bits per heavy atom. The molecule has 2 saturated heterocycles. The van der Waals surface area contributed by atoms with Gasteiger partial charge >= 0.3 is 0 Å². The van der Waals surface area contributed by atoms with Crippen molar-refractivity contribution in [1.82, 2.24) is 15.5 Å². The minimum atomic E-state index is -0.191. The predicted molar refractivity (Wildman–Crippen MR) is 92.9 cm³/mol. The minimum absolute atomic E-state index is 0.111. The van der Waals surface area contributed by atoms with Gasteiger partial charge in [-0.15, -0.1) is 0 Å². The van der Waals surface area contributed by atoms with E-state index in [4.69, 9.17) is 0 Å². The Bertz CT molecular complexity index is 578. The fourth-order valence-corrected chi connectivity index (χ4v) is 4.08. The van der Waals surface area contributed by atoms with Crippen LogP contribution >= 0.6 is 0 Å². The predicted octanol–water partition coefficient (Wildman–Crippen LogP) is 2.42. The van der Waals surface area contributed by atoms with Crippen LogP contribution in [0, 0.1) is 11.7 Å². The maximum absolute atomic E-state index is 13.8. The molecule has 5 heteroatoms. The number of nitrogens with one attached hydrogen (secondary N) is 2. The maximum atomic E-state index is 13.8. The number of carbonyl (C=O) groups excluding carboxylic acids is 1. The van der Waals surface area contributed by atoms with Crippen LogP contribution < -0.4 is 10.6 Å². The fraction of sp³-hybridized carbons (Fsp3) is 0.632. The van der Waals surface area contributed by atoms with Crippen molar-refractivity contribution in [3.8, 4) is 0 Å². The summed E-state index contributed by atoms with van der Waals surface area (Å²) >= 11 is 0. The van der Waals surface area contributed by atoms with Crippen LogP contribution in [0.5, 0.6) is 0 Å². The van der Waals surface area contributed by atoms with E-state index in [9.17, 15) is 9.18 Å². The van der Waals surface area contributed by atoms with E-state index >= 15 is 0 Å². The van der Waals surface area contributed by atoms with Gasteiger partial charge in [-0.2, -0.15) is 0 Å². The quantitative estimate of drug-likeness (QED) is 0.840. The highest BCUT2D eigenvalue weighted by atomic mass is 19.1. The molecule has 24 heavy (non-hydrogen) atoms. The number of fused-ring (bicyclic) bond motifs is 2. The van der Waals surface area contributed by atoms with Crippen molar-refractivity contribution in [2.24, 2.45) is 5.92 Å². The zero-order chi connectivity index (χ0) is 17.1. The number of hydrogen-bond donors (Lipinski definition) is 2. The van der Waals surface area contributed by atoms with Gasteiger partial charge in [0.25, 0.3) is 0 Å². The van der Waals surface area contributed by atoms with E-state index in [1.54, 1.807) is 6.07 Å². The zero-order valence-corrected chi connectivity index (χ0v) is 14.6. The lowest BCUT2D eigenvalue weighted by molar-refractivity contribution is -0.122. The van der Waals surface area contributed by atoms with E-state index in [2.05, 4.69) is 10.6 Å². The number of nitrogens with zero attached hydrogens (tertiary/aromatic N) is 1. The van der Waals surface area contributed by atoms with E-state index in [0.29, 0.717) is 43.1 Å². The van der Waals surface area contributed by atoms with Crippen LogP contribution in [0.3, 0.4) is 0 Å². The van der Waals surface area contributed by atoms with Crippen LogP contribution in [0.4, 0.5) is 4.39 Å². The van der Waals surface area contributed by atoms with Gasteiger partial charge in [-0.25, -0.2) is 4.39 Å². The van der Waals surface area contributed by atoms with Gasteiger partial charge < -0.3 is 15.5 Å². The monoisotopic (exact) mass is 333 g/mol. The molecule has 2 atom stereocenters. The van der Waals surface area contributed by atoms with Gasteiger partial charge in [0.05, 0.1) is 0 Å². The average Bonchev–Trinajstić information content (AvgIpc) is 2.86. The lowest BCUT2D eigenvalue weighted by Gasteiger charge is -2.28. The Hall–Kier alpha value is -1.46. The van der Waals surface area contributed by atoms with Crippen molar-refractivity contribution in [1.29, 1.82) is 0 Å². The molecule has 1 amide bonds. The van der Waals surface area contributed by atoms with Crippen LogP contribution in [0.15, 0.2) is 18.2 Å². The maximum Gasteiger partial charge on any atom is 0.220 e. The Morgan fingerprint density at radius 1 is 1.29 bits per heavy atom. The summed E-state index contributed by atoms with van der Waals surface area (Å²) in [5.41, 5.74) is 1.62. The lowest BCUT2D eigenvalue weighted by atomic mass is 9.89. The molecule has 2 bridgehead atoms. The summed E-state index contributed by atoms with van der Waals surface area (Å²) in [4.78, 5) is 14.2. The Morgan fingerprint density at radius 2 is 2.00 bits per heavy atom. The van der Waals surface area contributed by atoms with E-state index in [1.165, 1.54) is 18.9 Å². The molecule has 1 aromatic rings. The van der Waals surface area contributed by atoms with Gasteiger partial charge in [-0.1, -0.05) is 6.07 Å². The third-order valence-electron chi connectivity index (χ3n) is 5.13. The zero-order valence-electron chi connectivity index (χ0n) is 14.6. The van der Waals surface area contributed by atoms with E-state index in [-0.39, 0.29) is 11.7 Å². The second-order valence-corrected chi connectivity index (χ2v) is 7.62. The molecule has 3 rings (SSSR count). The second-order valence-electron chi connectivity index (χ2n) is 7.62. The van der Waals surface area contributed by atoms with Crippen LogP contribution in [0.1, 0.15) is 43.2 Å². The van der Waals surface area contributed by atoms with Gasteiger partial charge in [0.1, 0.15) is 5.82 Å². The van der Waals surface area contributed by atoms with Crippen LogP contribution in [-0.4, -0.2) is 37.0 Å². The molecule has 0 saturated carbocycles. The molecule has 2 fully saturated rings. The summed E-state index contributed by atoms with van der Waals surface area (Å²) < 4.78 is 13.8. The molecule has 2 unspecified atom stereocenters. The van der Waals surface area contributed by atoms with Crippen LogP contribution in [0.2, 0.25) is 0 Å². The highest BCUT2D eigenvalue weighted by Gasteiger charge is 2.34. The summed E-state index contributed by atoms with van der Waals surface area (Å²) in [6, 6.07) is 6.32. The Labute approximate surface area is 143 Å². The fourth-order valence-electron chi connectivity index (χ4n) is 4.08. The number of amides is 1. The second kappa shape index (κ2) is 7.62. The number of piperidine rings is 1. The summed E-state index contributed by atoms with van der Waals surface area (Å²) in [7, 11) is 3.83. The molecule has 2 aliphatic heterocycles. The van der Waals surface area contributed by atoms with Crippen molar-refractivity contribution in [3.05, 3.63) is 35.1 Å². The first-order valence-electron chi connectivity index (χ1n) is 8.94. The van der Waals surface area contributed by atoms with Crippen molar-refractivity contribution in [2.45, 2.75) is 57.3 Å². The number of hydrogen-bond acceptors (Lipinski definition) is 3. The van der Waals surface area contributed by atoms with Crippen LogP contribution in [0.25, 0.3) is 0 Å². The van der Waals surface area contributed by atoms with E-state index in [0.717, 1.165) is 18.4 Å². The first kappa shape index (κ1) is 17.4. The molecule has 0 radical (unpaired) electrons. The largest absolute Gasteiger partial charge is 0.352 e. The van der Waals surface area contributed by atoms with Gasteiger partial charge in [0, 0.05) is 37.2 Å². The van der Waals surface area contributed by atoms with Crippen molar-refractivity contribution < 1.29 is 9.18 Å². The third-order valence-corrected chi connectivity index (χ3v) is 5.13. The van der Waals surface area contributed by atoms with Crippen molar-refractivity contribution in [2.75, 3.05) is 14.1 Å². The van der Waals surface area contributed by atoms with Gasteiger partial charge in [-0.05, 0) is 63.4 Å². The number of rotatable bonds is 6. The van der Waals surface area contributed by atoms with Crippen LogP contribution in [-0.2, 0) is 17.9 Å². The molecule has 2 N–H and O–H groups in total. The van der Waals surface area contributed by atoms with E-state index in [1.807, 2.05) is 25.1 Å². The molecule has 132 valence electrons. The lowest BCUT2D eigenvalue weighted by Crippen LogP contribution is -2.39. The highest BCUT2D eigenvalue weighted by molar-refractivity contribution is 5.76. The first-order valence-corrected chi connectivity index (χ1v) is 8.94. The van der Waals surface area contributed by atoms with Gasteiger partial charge in [0.15, 0.2) is 0 Å². The summed E-state index contributed by atoms with van der Waals surface area (Å²) in [6.45, 7) is 1.03. The average molecular weight is 333 g/mol. The molecule has 2 aliphatic rings. The van der Waals surface area contributed by atoms with Gasteiger partial charge in [-0.3, -0.25) is 4.79 Å². The molecule has 0 aromatic heterocycles. The molecule has 4 nitrogen and oxygen atoms in total. The molecule has 0 spiro atoms. The Balaban J connectivity index is 1.49. The molecular formula is C19H28FN3O. The van der Waals surface area contributed by atoms with E-state index < -0.39 is 0 Å². The minimum Gasteiger partial charge on any atom is -0.352 e. The SMILES string of the molecule is CN(C)Cc1cc(CNC(=O)CC2CC3CCC(C2)N3)ccc1F. The number of carbonyl (C=O) groups is 1. The molecule has 1 aromatic carbocycles. The molecule has 2 heterocycles. The smallest absolute Gasteiger partial charge is 0.220 e. The molecular weight excluding hydrogens is 305 g/mol. The number of benzene rings is 1. The summed E-state index contributed by atoms with van der Waals surface area (Å²) in [5, 5.41) is 6.61. The Kier molecular flexibility index (Phi) is 5.51. The first-order chi connectivity index (χ1) is 11.5. The topological polar surface area (TPSA) is 44.4 Å². The summed E-state index contributed by atoms with van der Waals surface area (Å²) in [5.74, 6) is 0.421. The van der Waals surface area contributed by atoms with Crippen molar-refractivity contribution >= 4 is 5.91 Å². The standard InChI is InChI=1S/C19H28FN3O/c1-23(2)12-15-7-13(3-6-18(15)20)11-21-19(24)10-14-8-16-4-5-17(9-14)22-16/h3,6-7,14,16-17,22H,4-5,8-12H2,1-2H3,(H,21,24). The molecule has 0 aliphatic carbocycles.